The molecule has 37 heavy (non-hydrogen) atoms. The minimum atomic E-state index is -4.45. The SMILES string of the molecule is CC(C)(C)N(C(=O)O)C(CCc1nc(-c2ccc3c(c2)CC(=O)N3)no1)Cc1ccc(C(F)(F)F)cc1. The molecule has 1 unspecified atom stereocenters. The van der Waals surface area contributed by atoms with Gasteiger partial charge >= 0.3 is 12.3 Å². The van der Waals surface area contributed by atoms with Crippen LogP contribution in [-0.2, 0) is 30.2 Å². The van der Waals surface area contributed by atoms with Gasteiger partial charge in [-0.05, 0) is 75.1 Å². The van der Waals surface area contributed by atoms with Crippen molar-refractivity contribution >= 4 is 17.7 Å². The van der Waals surface area contributed by atoms with E-state index in [0.717, 1.165) is 23.4 Å². The van der Waals surface area contributed by atoms with Crippen molar-refractivity contribution in [2.75, 3.05) is 5.32 Å². The van der Waals surface area contributed by atoms with Crippen LogP contribution in [0.15, 0.2) is 47.0 Å². The Morgan fingerprint density at radius 3 is 2.49 bits per heavy atom. The molecular weight excluding hydrogens is 489 g/mol. The van der Waals surface area contributed by atoms with E-state index in [1.54, 1.807) is 32.9 Å². The number of fused-ring (bicyclic) bond motifs is 1. The normalized spacial score (nSPS) is 14.3. The van der Waals surface area contributed by atoms with E-state index in [2.05, 4.69) is 15.5 Å². The Balaban J connectivity index is 1.52. The number of nitrogens with zero attached hydrogens (tertiary/aromatic N) is 3. The number of aryl methyl sites for hydroxylation is 1. The lowest BCUT2D eigenvalue weighted by atomic mass is 9.95. The number of amides is 2. The number of nitrogens with one attached hydrogen (secondary N) is 1. The number of halogens is 3. The molecule has 0 bridgehead atoms. The number of rotatable bonds is 7. The largest absolute Gasteiger partial charge is 0.465 e. The summed E-state index contributed by atoms with van der Waals surface area (Å²) >= 11 is 0. The van der Waals surface area contributed by atoms with E-state index in [-0.39, 0.29) is 25.2 Å². The first-order valence-corrected chi connectivity index (χ1v) is 11.8. The standard InChI is InChI=1S/C26H27F3N4O4/c1-25(2,3)33(24(35)36)19(12-15-4-7-18(8-5-15)26(27,28)29)9-11-22-31-23(32-37-22)16-6-10-20-17(13-16)14-21(34)30-20/h4-8,10,13,19H,9,11-12,14H2,1-3H3,(H,30,34)(H,35,36). The average molecular weight is 517 g/mol. The third-order valence-corrected chi connectivity index (χ3v) is 6.19. The highest BCUT2D eigenvalue weighted by Gasteiger charge is 2.34. The second-order valence-electron chi connectivity index (χ2n) is 10.0. The highest BCUT2D eigenvalue weighted by Crippen LogP contribution is 2.31. The zero-order valence-corrected chi connectivity index (χ0v) is 20.6. The van der Waals surface area contributed by atoms with E-state index in [1.165, 1.54) is 17.0 Å². The molecule has 2 aromatic carbocycles. The summed E-state index contributed by atoms with van der Waals surface area (Å²) in [4.78, 5) is 29.5. The maximum atomic E-state index is 13.0. The lowest BCUT2D eigenvalue weighted by Crippen LogP contribution is -2.52. The Morgan fingerprint density at radius 2 is 1.86 bits per heavy atom. The van der Waals surface area contributed by atoms with Gasteiger partial charge in [0.25, 0.3) is 0 Å². The predicted molar refractivity (Wildman–Crippen MR) is 129 cm³/mol. The summed E-state index contributed by atoms with van der Waals surface area (Å²) in [5, 5.41) is 16.7. The molecule has 11 heteroatoms. The van der Waals surface area contributed by atoms with Crippen molar-refractivity contribution in [2.24, 2.45) is 0 Å². The molecule has 0 radical (unpaired) electrons. The molecule has 2 N–H and O–H groups in total. The van der Waals surface area contributed by atoms with Gasteiger partial charge in [-0.15, -0.1) is 0 Å². The first-order valence-electron chi connectivity index (χ1n) is 11.8. The Bertz CT molecular complexity index is 1300. The van der Waals surface area contributed by atoms with Crippen molar-refractivity contribution < 1.29 is 32.4 Å². The summed E-state index contributed by atoms with van der Waals surface area (Å²) in [6.07, 6.45) is -4.50. The molecular formula is C26H27F3N4O4. The maximum Gasteiger partial charge on any atom is 0.416 e. The van der Waals surface area contributed by atoms with Gasteiger partial charge in [0, 0.05) is 29.3 Å². The molecule has 0 fully saturated rings. The average Bonchev–Trinajstić information content (AvgIpc) is 3.41. The topological polar surface area (TPSA) is 109 Å². The first-order chi connectivity index (χ1) is 17.3. The Morgan fingerprint density at radius 1 is 1.16 bits per heavy atom. The zero-order chi connectivity index (χ0) is 27.0. The van der Waals surface area contributed by atoms with Gasteiger partial charge in [0.05, 0.1) is 12.0 Å². The van der Waals surface area contributed by atoms with E-state index < -0.39 is 29.4 Å². The summed E-state index contributed by atoms with van der Waals surface area (Å²) in [6, 6.07) is 9.56. The van der Waals surface area contributed by atoms with Crippen LogP contribution in [0.3, 0.4) is 0 Å². The van der Waals surface area contributed by atoms with Crippen molar-refractivity contribution in [1.82, 2.24) is 15.0 Å². The van der Waals surface area contributed by atoms with Crippen LogP contribution in [0.1, 0.15) is 49.8 Å². The Labute approximate surface area is 211 Å². The molecule has 0 saturated carbocycles. The predicted octanol–water partition coefficient (Wildman–Crippen LogP) is 5.57. The Hall–Kier alpha value is -3.89. The molecule has 4 rings (SSSR count). The number of carbonyl (C=O) groups is 2. The van der Waals surface area contributed by atoms with E-state index in [0.29, 0.717) is 29.3 Å². The van der Waals surface area contributed by atoms with E-state index in [9.17, 15) is 27.9 Å². The van der Waals surface area contributed by atoms with E-state index in [4.69, 9.17) is 4.52 Å². The van der Waals surface area contributed by atoms with Crippen LogP contribution in [0.4, 0.5) is 23.7 Å². The first kappa shape index (κ1) is 26.2. The fourth-order valence-electron chi connectivity index (χ4n) is 4.55. The van der Waals surface area contributed by atoms with Crippen LogP contribution in [0.2, 0.25) is 0 Å². The smallest absolute Gasteiger partial charge is 0.416 e. The number of hydrogen-bond donors (Lipinski definition) is 2. The van der Waals surface area contributed by atoms with Gasteiger partial charge in [0.1, 0.15) is 0 Å². The number of alkyl halides is 3. The van der Waals surface area contributed by atoms with Crippen molar-refractivity contribution in [1.29, 1.82) is 0 Å². The van der Waals surface area contributed by atoms with Crippen LogP contribution < -0.4 is 5.32 Å². The highest BCUT2D eigenvalue weighted by atomic mass is 19.4. The second-order valence-corrected chi connectivity index (χ2v) is 10.0. The van der Waals surface area contributed by atoms with Gasteiger partial charge in [-0.25, -0.2) is 4.79 Å². The molecule has 1 atom stereocenters. The lowest BCUT2D eigenvalue weighted by Gasteiger charge is -2.40. The molecule has 1 aliphatic heterocycles. The molecule has 8 nitrogen and oxygen atoms in total. The number of carboxylic acid groups (broad SMARTS) is 1. The van der Waals surface area contributed by atoms with E-state index >= 15 is 0 Å². The van der Waals surface area contributed by atoms with Crippen LogP contribution in [0, 0.1) is 0 Å². The van der Waals surface area contributed by atoms with E-state index in [1.807, 2.05) is 6.07 Å². The number of benzene rings is 2. The third-order valence-electron chi connectivity index (χ3n) is 6.19. The van der Waals surface area contributed by atoms with Gasteiger partial charge in [-0.1, -0.05) is 17.3 Å². The van der Waals surface area contributed by atoms with Gasteiger partial charge in [0.15, 0.2) is 0 Å². The fourth-order valence-corrected chi connectivity index (χ4v) is 4.55. The Kier molecular flexibility index (Phi) is 6.98. The van der Waals surface area contributed by atoms with Gasteiger partial charge in [0.2, 0.25) is 17.6 Å². The summed E-state index contributed by atoms with van der Waals surface area (Å²) in [6.45, 7) is 5.29. The third kappa shape index (κ3) is 6.10. The molecule has 2 amide bonds. The highest BCUT2D eigenvalue weighted by molar-refractivity contribution is 5.99. The van der Waals surface area contributed by atoms with Crippen molar-refractivity contribution in [3.05, 3.63) is 65.0 Å². The van der Waals surface area contributed by atoms with Gasteiger partial charge in [-0.2, -0.15) is 18.2 Å². The van der Waals surface area contributed by atoms with Crippen LogP contribution in [-0.4, -0.2) is 43.7 Å². The maximum absolute atomic E-state index is 13.0. The van der Waals surface area contributed by atoms with Crippen molar-refractivity contribution in [2.45, 2.75) is 64.2 Å². The molecule has 3 aromatic rings. The number of hydrogen-bond acceptors (Lipinski definition) is 5. The van der Waals surface area contributed by atoms with Crippen molar-refractivity contribution in [3.8, 4) is 11.4 Å². The molecule has 1 aromatic heterocycles. The number of anilines is 1. The zero-order valence-electron chi connectivity index (χ0n) is 20.6. The van der Waals surface area contributed by atoms with Gasteiger partial charge in [-0.3, -0.25) is 4.79 Å². The minimum Gasteiger partial charge on any atom is -0.465 e. The van der Waals surface area contributed by atoms with Crippen LogP contribution in [0.25, 0.3) is 11.4 Å². The monoisotopic (exact) mass is 516 g/mol. The summed E-state index contributed by atoms with van der Waals surface area (Å²) < 4.78 is 44.3. The van der Waals surface area contributed by atoms with Crippen LogP contribution in [0.5, 0.6) is 0 Å². The molecule has 2 heterocycles. The van der Waals surface area contributed by atoms with Crippen LogP contribution >= 0.6 is 0 Å². The number of aromatic nitrogens is 2. The fraction of sp³-hybridized carbons (Fsp3) is 0.385. The molecule has 0 aliphatic carbocycles. The number of carbonyl (C=O) groups excluding carboxylic acids is 1. The summed E-state index contributed by atoms with van der Waals surface area (Å²) in [7, 11) is 0. The second kappa shape index (κ2) is 9.87. The van der Waals surface area contributed by atoms with Crippen molar-refractivity contribution in [3.63, 3.8) is 0 Å². The quantitative estimate of drug-likeness (QED) is 0.425. The lowest BCUT2D eigenvalue weighted by molar-refractivity contribution is -0.137. The molecule has 0 spiro atoms. The van der Waals surface area contributed by atoms with Gasteiger partial charge < -0.3 is 19.8 Å². The summed E-state index contributed by atoms with van der Waals surface area (Å²) in [5.74, 6) is 0.575. The molecule has 0 saturated heterocycles. The summed E-state index contributed by atoms with van der Waals surface area (Å²) in [5.41, 5.74) is 1.35. The molecule has 196 valence electrons. The minimum absolute atomic E-state index is 0.0816. The molecule has 1 aliphatic rings.